The third kappa shape index (κ3) is 3.06. The fourth-order valence-corrected chi connectivity index (χ4v) is 2.87. The van der Waals surface area contributed by atoms with Gasteiger partial charge in [-0.15, -0.1) is 11.3 Å². The van der Waals surface area contributed by atoms with Crippen molar-refractivity contribution in [1.82, 2.24) is 5.32 Å². The van der Waals surface area contributed by atoms with Gasteiger partial charge in [0.25, 0.3) is 0 Å². The van der Waals surface area contributed by atoms with Crippen molar-refractivity contribution in [2.45, 2.75) is 38.3 Å². The lowest BCUT2D eigenvalue weighted by atomic mass is 10.00. The van der Waals surface area contributed by atoms with E-state index in [1.165, 1.54) is 11.3 Å². The van der Waals surface area contributed by atoms with E-state index in [4.69, 9.17) is 5.73 Å². The second kappa shape index (κ2) is 5.46. The first kappa shape index (κ1) is 11.6. The predicted molar refractivity (Wildman–Crippen MR) is 66.1 cm³/mol. The fraction of sp³-hybridized carbons (Fsp3) is 0.583. The van der Waals surface area contributed by atoms with Gasteiger partial charge < -0.3 is 11.1 Å². The van der Waals surface area contributed by atoms with Crippen LogP contribution in [0.1, 0.15) is 30.6 Å². The monoisotopic (exact) mass is 238 g/mol. The Hall–Kier alpha value is -0.870. The van der Waals surface area contributed by atoms with Crippen LogP contribution in [-0.4, -0.2) is 11.9 Å². The molecular weight excluding hydrogens is 220 g/mol. The molecule has 0 spiro atoms. The van der Waals surface area contributed by atoms with Gasteiger partial charge in [0.05, 0.1) is 6.54 Å². The van der Waals surface area contributed by atoms with E-state index >= 15 is 0 Å². The molecule has 1 heterocycles. The summed E-state index contributed by atoms with van der Waals surface area (Å²) in [4.78, 5) is 12.9. The molecule has 1 saturated carbocycles. The SMILES string of the molecule is N[C@@H]1CCC[C@H]1CC(=O)NCc1cccs1. The summed E-state index contributed by atoms with van der Waals surface area (Å²) in [6.07, 6.45) is 3.94. The van der Waals surface area contributed by atoms with Gasteiger partial charge in [0, 0.05) is 17.3 Å². The first-order valence-corrected chi connectivity index (χ1v) is 6.68. The number of nitrogens with one attached hydrogen (secondary N) is 1. The number of hydrogen-bond donors (Lipinski definition) is 2. The molecule has 2 rings (SSSR count). The lowest BCUT2D eigenvalue weighted by Gasteiger charge is -2.14. The van der Waals surface area contributed by atoms with Crippen molar-refractivity contribution in [1.29, 1.82) is 0 Å². The van der Waals surface area contributed by atoms with E-state index < -0.39 is 0 Å². The summed E-state index contributed by atoms with van der Waals surface area (Å²) in [5, 5.41) is 4.97. The molecular formula is C12H18N2OS. The van der Waals surface area contributed by atoms with E-state index in [9.17, 15) is 4.79 Å². The highest BCUT2D eigenvalue weighted by Gasteiger charge is 2.25. The van der Waals surface area contributed by atoms with Crippen LogP contribution in [0.5, 0.6) is 0 Å². The Kier molecular flexibility index (Phi) is 3.96. The van der Waals surface area contributed by atoms with Gasteiger partial charge >= 0.3 is 0 Å². The van der Waals surface area contributed by atoms with E-state index in [-0.39, 0.29) is 11.9 Å². The van der Waals surface area contributed by atoms with E-state index in [0.29, 0.717) is 18.9 Å². The molecule has 4 heteroatoms. The van der Waals surface area contributed by atoms with Gasteiger partial charge in [-0.05, 0) is 30.2 Å². The smallest absolute Gasteiger partial charge is 0.220 e. The van der Waals surface area contributed by atoms with Crippen molar-refractivity contribution in [2.24, 2.45) is 11.7 Å². The zero-order valence-corrected chi connectivity index (χ0v) is 10.1. The number of thiophene rings is 1. The third-order valence-corrected chi connectivity index (χ3v) is 4.08. The van der Waals surface area contributed by atoms with E-state index in [1.54, 1.807) is 11.3 Å². The van der Waals surface area contributed by atoms with Gasteiger partial charge in [0.2, 0.25) is 5.91 Å². The Morgan fingerprint density at radius 3 is 3.06 bits per heavy atom. The van der Waals surface area contributed by atoms with Gasteiger partial charge in [0.15, 0.2) is 0 Å². The minimum Gasteiger partial charge on any atom is -0.351 e. The van der Waals surface area contributed by atoms with E-state index in [1.807, 2.05) is 17.5 Å². The molecule has 1 amide bonds. The van der Waals surface area contributed by atoms with Crippen molar-refractivity contribution in [3.63, 3.8) is 0 Å². The molecule has 2 atom stereocenters. The highest BCUT2D eigenvalue weighted by atomic mass is 32.1. The van der Waals surface area contributed by atoms with E-state index in [0.717, 1.165) is 12.8 Å². The Balaban J connectivity index is 1.72. The molecule has 1 fully saturated rings. The van der Waals surface area contributed by atoms with Crippen LogP contribution in [0.2, 0.25) is 0 Å². The van der Waals surface area contributed by atoms with Crippen LogP contribution in [0, 0.1) is 5.92 Å². The second-order valence-electron chi connectivity index (χ2n) is 4.42. The van der Waals surface area contributed by atoms with Crippen LogP contribution in [0.3, 0.4) is 0 Å². The molecule has 1 aliphatic carbocycles. The molecule has 1 aromatic rings. The molecule has 0 aliphatic heterocycles. The Bertz CT molecular complexity index is 337. The van der Waals surface area contributed by atoms with Gasteiger partial charge in [0.1, 0.15) is 0 Å². The van der Waals surface area contributed by atoms with Crippen molar-refractivity contribution < 1.29 is 4.79 Å². The summed E-state index contributed by atoms with van der Waals surface area (Å²) >= 11 is 1.67. The lowest BCUT2D eigenvalue weighted by molar-refractivity contribution is -0.122. The molecule has 0 aromatic carbocycles. The Morgan fingerprint density at radius 1 is 1.56 bits per heavy atom. The Labute approximate surface area is 100 Å². The van der Waals surface area contributed by atoms with Gasteiger partial charge in [-0.2, -0.15) is 0 Å². The fourth-order valence-electron chi connectivity index (χ4n) is 2.23. The van der Waals surface area contributed by atoms with Crippen LogP contribution < -0.4 is 11.1 Å². The van der Waals surface area contributed by atoms with E-state index in [2.05, 4.69) is 5.32 Å². The van der Waals surface area contributed by atoms with Crippen LogP contribution in [0.25, 0.3) is 0 Å². The standard InChI is InChI=1S/C12H18N2OS/c13-11-5-1-3-9(11)7-12(15)14-8-10-4-2-6-16-10/h2,4,6,9,11H,1,3,5,7-8,13H2,(H,14,15)/t9-,11+/m0/s1. The number of carbonyl (C=O) groups is 1. The zero-order chi connectivity index (χ0) is 11.4. The molecule has 3 nitrogen and oxygen atoms in total. The summed E-state index contributed by atoms with van der Waals surface area (Å²) in [5.74, 6) is 0.527. The van der Waals surface area contributed by atoms with Crippen molar-refractivity contribution in [2.75, 3.05) is 0 Å². The van der Waals surface area contributed by atoms with Crippen molar-refractivity contribution in [3.8, 4) is 0 Å². The predicted octanol–water partition coefficient (Wildman–Crippen LogP) is 1.88. The Morgan fingerprint density at radius 2 is 2.44 bits per heavy atom. The minimum absolute atomic E-state index is 0.135. The van der Waals surface area contributed by atoms with Gasteiger partial charge in [-0.1, -0.05) is 12.5 Å². The molecule has 1 aliphatic rings. The van der Waals surface area contributed by atoms with Crippen molar-refractivity contribution >= 4 is 17.2 Å². The number of amides is 1. The maximum Gasteiger partial charge on any atom is 0.220 e. The summed E-state index contributed by atoms with van der Waals surface area (Å²) in [7, 11) is 0. The molecule has 3 N–H and O–H groups in total. The zero-order valence-electron chi connectivity index (χ0n) is 9.32. The highest BCUT2D eigenvalue weighted by molar-refractivity contribution is 7.09. The second-order valence-corrected chi connectivity index (χ2v) is 5.45. The van der Waals surface area contributed by atoms with Crippen molar-refractivity contribution in [3.05, 3.63) is 22.4 Å². The average Bonchev–Trinajstić information content (AvgIpc) is 2.88. The topological polar surface area (TPSA) is 55.1 Å². The maximum absolute atomic E-state index is 11.7. The van der Waals surface area contributed by atoms with Gasteiger partial charge in [-0.3, -0.25) is 4.79 Å². The molecule has 88 valence electrons. The van der Waals surface area contributed by atoms with Gasteiger partial charge in [-0.25, -0.2) is 0 Å². The normalized spacial score (nSPS) is 24.6. The van der Waals surface area contributed by atoms with Crippen LogP contribution >= 0.6 is 11.3 Å². The number of hydrogen-bond acceptors (Lipinski definition) is 3. The molecule has 1 aromatic heterocycles. The summed E-state index contributed by atoms with van der Waals surface area (Å²) in [6, 6.07) is 4.26. The summed E-state index contributed by atoms with van der Waals surface area (Å²) in [6.45, 7) is 0.651. The largest absolute Gasteiger partial charge is 0.351 e. The molecule has 16 heavy (non-hydrogen) atoms. The van der Waals surface area contributed by atoms with Crippen LogP contribution in [-0.2, 0) is 11.3 Å². The molecule has 0 bridgehead atoms. The summed E-state index contributed by atoms with van der Waals surface area (Å²) in [5.41, 5.74) is 5.94. The average molecular weight is 238 g/mol. The molecule has 0 unspecified atom stereocenters. The maximum atomic E-state index is 11.7. The highest BCUT2D eigenvalue weighted by Crippen LogP contribution is 2.26. The summed E-state index contributed by atoms with van der Waals surface area (Å²) < 4.78 is 0. The molecule has 0 radical (unpaired) electrons. The van der Waals surface area contributed by atoms with Crippen LogP contribution in [0.4, 0.5) is 0 Å². The third-order valence-electron chi connectivity index (χ3n) is 3.21. The van der Waals surface area contributed by atoms with Crippen LogP contribution in [0.15, 0.2) is 17.5 Å². The first-order valence-electron chi connectivity index (χ1n) is 5.80. The first-order chi connectivity index (χ1) is 7.75. The lowest BCUT2D eigenvalue weighted by Crippen LogP contribution is -2.31. The quantitative estimate of drug-likeness (QED) is 0.841. The minimum atomic E-state index is 0.135. The number of rotatable bonds is 4. The number of carbonyl (C=O) groups excluding carboxylic acids is 1. The number of nitrogens with two attached hydrogens (primary N) is 1. The molecule has 0 saturated heterocycles.